The molecule has 0 aliphatic rings. The van der Waals surface area contributed by atoms with Crippen LogP contribution < -0.4 is 5.30 Å². The van der Waals surface area contributed by atoms with Crippen molar-refractivity contribution in [2.45, 2.75) is 12.5 Å². The van der Waals surface area contributed by atoms with Crippen molar-refractivity contribution in [3.63, 3.8) is 0 Å². The van der Waals surface area contributed by atoms with Gasteiger partial charge in [-0.1, -0.05) is 24.3 Å². The third kappa shape index (κ3) is 2.04. The molecule has 2 atom stereocenters. The molecule has 3 heteroatoms. The Balaban J connectivity index is 2.96. The largest absolute Gasteiger partial charge is 0.393 e. The van der Waals surface area contributed by atoms with Crippen molar-refractivity contribution >= 4 is 14.5 Å². The Morgan fingerprint density at radius 2 is 1.83 bits per heavy atom. The van der Waals surface area contributed by atoms with Crippen molar-refractivity contribution in [3.8, 4) is 0 Å². The molecule has 2 N–H and O–H groups in total. The maximum atomic E-state index is 9.63. The Bertz CT molecular complexity index is 254. The summed E-state index contributed by atoms with van der Waals surface area (Å²) in [5, 5.41) is 19.6. The van der Waals surface area contributed by atoms with Gasteiger partial charge in [-0.05, 0) is 17.8 Å². The number of rotatable bonds is 2. The van der Waals surface area contributed by atoms with Crippen LogP contribution in [0.5, 0.6) is 0 Å². The molecule has 0 spiro atoms. The van der Waals surface area contributed by atoms with Gasteiger partial charge < -0.3 is 10.2 Å². The predicted molar refractivity (Wildman–Crippen MR) is 52.4 cm³/mol. The molecule has 2 nitrogen and oxygen atoms in total. The summed E-state index contributed by atoms with van der Waals surface area (Å²) in [5.41, 5.74) is -0.394. The molecule has 0 aromatic heterocycles. The molecule has 0 fully saturated rings. The quantitative estimate of drug-likeness (QED) is 0.652. The second-order valence-corrected chi connectivity index (χ2v) is 3.72. The molecule has 0 bridgehead atoms. The van der Waals surface area contributed by atoms with E-state index < -0.39 is 5.60 Å². The van der Waals surface area contributed by atoms with E-state index in [4.69, 9.17) is 5.11 Å². The standard InChI is InChI=1S/C9H13O2P/c1-9(11,6-10)7-2-4-8(12)5-3-7/h2-5,10-11H,6,12H2,1H3/t9-/m0/s1. The van der Waals surface area contributed by atoms with E-state index in [1.54, 1.807) is 19.1 Å². The Kier molecular flexibility index (Phi) is 2.84. The van der Waals surface area contributed by atoms with E-state index in [0.29, 0.717) is 0 Å². The van der Waals surface area contributed by atoms with Gasteiger partial charge in [0.1, 0.15) is 5.60 Å². The first-order valence-electron chi connectivity index (χ1n) is 3.75. The Morgan fingerprint density at radius 1 is 1.33 bits per heavy atom. The SMILES string of the molecule is C[C@](O)(CO)c1ccc(P)cc1. The van der Waals surface area contributed by atoms with Gasteiger partial charge in [0.25, 0.3) is 0 Å². The summed E-state index contributed by atoms with van der Waals surface area (Å²) >= 11 is 0. The van der Waals surface area contributed by atoms with Crippen molar-refractivity contribution in [3.05, 3.63) is 29.8 Å². The van der Waals surface area contributed by atoms with Crippen LogP contribution in [0.3, 0.4) is 0 Å². The molecule has 0 amide bonds. The summed E-state index contributed by atoms with van der Waals surface area (Å²) < 4.78 is 0. The van der Waals surface area contributed by atoms with E-state index in [9.17, 15) is 5.11 Å². The average molecular weight is 184 g/mol. The minimum atomic E-state index is -1.13. The Morgan fingerprint density at radius 3 is 2.25 bits per heavy atom. The van der Waals surface area contributed by atoms with Gasteiger partial charge >= 0.3 is 0 Å². The second-order valence-electron chi connectivity index (χ2n) is 3.05. The summed E-state index contributed by atoms with van der Waals surface area (Å²) in [5.74, 6) is 0. The zero-order chi connectivity index (χ0) is 9.19. The van der Waals surface area contributed by atoms with Gasteiger partial charge in [-0.2, -0.15) is 0 Å². The van der Waals surface area contributed by atoms with Crippen LogP contribution in [0.15, 0.2) is 24.3 Å². The molecule has 0 aliphatic carbocycles. The molecular weight excluding hydrogens is 171 g/mol. The first kappa shape index (κ1) is 9.66. The number of hydrogen-bond donors (Lipinski definition) is 2. The fourth-order valence-corrected chi connectivity index (χ4v) is 1.13. The molecule has 1 aromatic rings. The summed E-state index contributed by atoms with van der Waals surface area (Å²) in [6, 6.07) is 7.37. The molecule has 0 saturated carbocycles. The van der Waals surface area contributed by atoms with Crippen LogP contribution in [-0.4, -0.2) is 16.8 Å². The van der Waals surface area contributed by atoms with E-state index in [1.165, 1.54) is 0 Å². The van der Waals surface area contributed by atoms with Crippen LogP contribution in [0.1, 0.15) is 12.5 Å². The zero-order valence-corrected chi connectivity index (χ0v) is 8.14. The lowest BCUT2D eigenvalue weighted by Gasteiger charge is -2.20. The van der Waals surface area contributed by atoms with Crippen LogP contribution in [0.25, 0.3) is 0 Å². The number of benzene rings is 1. The first-order chi connectivity index (χ1) is 5.56. The van der Waals surface area contributed by atoms with Gasteiger partial charge in [-0.25, -0.2) is 0 Å². The van der Waals surface area contributed by atoms with Gasteiger partial charge in [-0.15, -0.1) is 9.24 Å². The first-order valence-corrected chi connectivity index (χ1v) is 4.33. The lowest BCUT2D eigenvalue weighted by Crippen LogP contribution is -2.25. The highest BCUT2D eigenvalue weighted by Crippen LogP contribution is 2.18. The molecule has 1 aromatic carbocycles. The topological polar surface area (TPSA) is 40.5 Å². The fraction of sp³-hybridized carbons (Fsp3) is 0.333. The van der Waals surface area contributed by atoms with Gasteiger partial charge in [0.2, 0.25) is 0 Å². The van der Waals surface area contributed by atoms with Gasteiger partial charge in [0.05, 0.1) is 6.61 Å². The maximum Gasteiger partial charge on any atom is 0.110 e. The molecule has 1 rings (SSSR count). The van der Waals surface area contributed by atoms with Crippen LogP contribution in [0.4, 0.5) is 0 Å². The van der Waals surface area contributed by atoms with Crippen LogP contribution in [-0.2, 0) is 5.60 Å². The van der Waals surface area contributed by atoms with E-state index in [2.05, 4.69) is 9.24 Å². The number of aliphatic hydroxyl groups is 2. The molecule has 12 heavy (non-hydrogen) atoms. The zero-order valence-electron chi connectivity index (χ0n) is 6.99. The summed E-state index contributed by atoms with van der Waals surface area (Å²) in [6.07, 6.45) is 0. The Labute approximate surface area is 74.4 Å². The number of hydrogen-bond acceptors (Lipinski definition) is 2. The minimum Gasteiger partial charge on any atom is -0.393 e. The molecule has 0 aliphatic heterocycles. The van der Waals surface area contributed by atoms with Crippen molar-refractivity contribution in [2.24, 2.45) is 0 Å². The second kappa shape index (κ2) is 3.53. The maximum absolute atomic E-state index is 9.63. The van der Waals surface area contributed by atoms with Crippen LogP contribution >= 0.6 is 9.24 Å². The molecule has 0 radical (unpaired) electrons. The molecule has 1 unspecified atom stereocenters. The monoisotopic (exact) mass is 184 g/mol. The average Bonchev–Trinajstić information content (AvgIpc) is 2.05. The predicted octanol–water partition coefficient (Wildman–Crippen LogP) is 0.387. The lowest BCUT2D eigenvalue weighted by atomic mass is 9.97. The van der Waals surface area contributed by atoms with Gasteiger partial charge in [0.15, 0.2) is 0 Å². The molecule has 66 valence electrons. The molecule has 0 saturated heterocycles. The van der Waals surface area contributed by atoms with Crippen molar-refractivity contribution in [1.29, 1.82) is 0 Å². The smallest absolute Gasteiger partial charge is 0.110 e. The van der Waals surface area contributed by atoms with Crippen molar-refractivity contribution in [1.82, 2.24) is 0 Å². The third-order valence-electron chi connectivity index (χ3n) is 1.84. The summed E-state index contributed by atoms with van der Waals surface area (Å²) in [4.78, 5) is 0. The minimum absolute atomic E-state index is 0.261. The van der Waals surface area contributed by atoms with Crippen LogP contribution in [0, 0.1) is 0 Å². The van der Waals surface area contributed by atoms with Gasteiger partial charge in [0, 0.05) is 0 Å². The normalized spacial score (nSPS) is 15.7. The van der Waals surface area contributed by atoms with Gasteiger partial charge in [-0.3, -0.25) is 0 Å². The highest BCUT2D eigenvalue weighted by atomic mass is 31.0. The fourth-order valence-electron chi connectivity index (χ4n) is 0.933. The summed E-state index contributed by atoms with van der Waals surface area (Å²) in [6.45, 7) is 1.33. The highest BCUT2D eigenvalue weighted by molar-refractivity contribution is 7.27. The van der Waals surface area contributed by atoms with E-state index in [1.807, 2.05) is 12.1 Å². The number of aliphatic hydroxyl groups excluding tert-OH is 1. The Hall–Kier alpha value is -0.430. The highest BCUT2D eigenvalue weighted by Gasteiger charge is 2.20. The van der Waals surface area contributed by atoms with E-state index in [-0.39, 0.29) is 6.61 Å². The molecular formula is C9H13O2P. The van der Waals surface area contributed by atoms with E-state index >= 15 is 0 Å². The molecule has 0 heterocycles. The van der Waals surface area contributed by atoms with Crippen molar-refractivity contribution < 1.29 is 10.2 Å². The summed E-state index contributed by atoms with van der Waals surface area (Å²) in [7, 11) is 2.56. The lowest BCUT2D eigenvalue weighted by molar-refractivity contribution is -0.00226. The van der Waals surface area contributed by atoms with Crippen molar-refractivity contribution in [2.75, 3.05) is 6.61 Å². The van der Waals surface area contributed by atoms with E-state index in [0.717, 1.165) is 10.9 Å². The third-order valence-corrected chi connectivity index (χ3v) is 2.23. The van der Waals surface area contributed by atoms with Crippen LogP contribution in [0.2, 0.25) is 0 Å².